The first-order chi connectivity index (χ1) is 14.7. The Balaban J connectivity index is 1.74. The van der Waals surface area contributed by atoms with Gasteiger partial charge in [-0.05, 0) is 43.2 Å². The average molecular weight is 485 g/mol. The second-order valence-corrected chi connectivity index (χ2v) is 9.96. The summed E-state index contributed by atoms with van der Waals surface area (Å²) in [7, 11) is -3.92. The van der Waals surface area contributed by atoms with Gasteiger partial charge in [-0.25, -0.2) is 18.2 Å². The van der Waals surface area contributed by atoms with Crippen molar-refractivity contribution in [3.8, 4) is 0 Å². The summed E-state index contributed by atoms with van der Waals surface area (Å²) in [6.07, 6.45) is 2.57. The predicted molar refractivity (Wildman–Crippen MR) is 115 cm³/mol. The van der Waals surface area contributed by atoms with Gasteiger partial charge in [-0.15, -0.1) is 0 Å². The van der Waals surface area contributed by atoms with Crippen molar-refractivity contribution < 1.29 is 18.3 Å². The summed E-state index contributed by atoms with van der Waals surface area (Å²) in [6, 6.07) is 6.91. The molecule has 1 fully saturated rings. The molecule has 31 heavy (non-hydrogen) atoms. The van der Waals surface area contributed by atoms with Crippen molar-refractivity contribution in [1.29, 1.82) is 0 Å². The molecule has 0 spiro atoms. The number of piperidine rings is 1. The molecule has 1 aliphatic rings. The number of carbonyl (C=O) groups is 1. The fraction of sp³-hybridized carbons (Fsp3) is 0.316. The summed E-state index contributed by atoms with van der Waals surface area (Å²) in [6.45, 7) is -0.208. The third kappa shape index (κ3) is 3.96. The number of benzene rings is 1. The fourth-order valence-corrected chi connectivity index (χ4v) is 6.16. The molecule has 0 aliphatic carbocycles. The number of rotatable bonds is 5. The van der Waals surface area contributed by atoms with Crippen molar-refractivity contribution in [2.24, 2.45) is 0 Å². The molecule has 1 N–H and O–H groups in total. The SMILES string of the molecule is O=C(O)Cn1c(=O)n(C2CCCN(S(=O)(=O)c3ccc(Cl)cc3Cl)C2)c2ncccc21. The minimum Gasteiger partial charge on any atom is -0.480 e. The first-order valence-electron chi connectivity index (χ1n) is 9.43. The minimum absolute atomic E-state index is 0.0199. The smallest absolute Gasteiger partial charge is 0.331 e. The van der Waals surface area contributed by atoms with Gasteiger partial charge in [0.15, 0.2) is 5.65 Å². The molecule has 0 radical (unpaired) electrons. The largest absolute Gasteiger partial charge is 0.480 e. The maximum atomic E-state index is 13.2. The second kappa shape index (κ2) is 8.27. The first kappa shape index (κ1) is 21.8. The Morgan fingerprint density at radius 3 is 2.74 bits per heavy atom. The van der Waals surface area contributed by atoms with Crippen LogP contribution < -0.4 is 5.69 Å². The summed E-state index contributed by atoms with van der Waals surface area (Å²) < 4.78 is 30.2. The monoisotopic (exact) mass is 484 g/mol. The van der Waals surface area contributed by atoms with Crippen molar-refractivity contribution in [1.82, 2.24) is 18.4 Å². The van der Waals surface area contributed by atoms with Gasteiger partial charge in [0.2, 0.25) is 10.0 Å². The molecule has 12 heteroatoms. The van der Waals surface area contributed by atoms with Gasteiger partial charge in [0.25, 0.3) is 0 Å². The van der Waals surface area contributed by atoms with E-state index in [1.165, 1.54) is 33.3 Å². The van der Waals surface area contributed by atoms with Gasteiger partial charge in [0.1, 0.15) is 11.4 Å². The van der Waals surface area contributed by atoms with E-state index in [1.807, 2.05) is 0 Å². The van der Waals surface area contributed by atoms with Crippen molar-refractivity contribution >= 4 is 50.4 Å². The van der Waals surface area contributed by atoms with Crippen molar-refractivity contribution in [3.05, 3.63) is 57.1 Å². The van der Waals surface area contributed by atoms with Crippen LogP contribution in [0.3, 0.4) is 0 Å². The topological polar surface area (TPSA) is 114 Å². The molecular weight excluding hydrogens is 467 g/mol. The highest BCUT2D eigenvalue weighted by molar-refractivity contribution is 7.89. The number of aliphatic carboxylic acids is 1. The van der Waals surface area contributed by atoms with Gasteiger partial charge < -0.3 is 5.11 Å². The van der Waals surface area contributed by atoms with Crippen LogP contribution in [0.15, 0.2) is 46.2 Å². The van der Waals surface area contributed by atoms with E-state index in [9.17, 15) is 23.1 Å². The molecule has 3 heterocycles. The van der Waals surface area contributed by atoms with E-state index in [2.05, 4.69) is 4.98 Å². The summed E-state index contributed by atoms with van der Waals surface area (Å²) in [5, 5.41) is 9.54. The van der Waals surface area contributed by atoms with Crippen molar-refractivity contribution in [2.75, 3.05) is 13.1 Å². The normalized spacial score (nSPS) is 17.8. The lowest BCUT2D eigenvalue weighted by atomic mass is 10.1. The molecule has 0 saturated carbocycles. The van der Waals surface area contributed by atoms with Crippen LogP contribution in [0, 0.1) is 0 Å². The van der Waals surface area contributed by atoms with E-state index in [0.717, 1.165) is 4.57 Å². The van der Waals surface area contributed by atoms with E-state index in [0.29, 0.717) is 29.0 Å². The third-order valence-electron chi connectivity index (χ3n) is 5.25. The number of carboxylic acid groups (broad SMARTS) is 1. The van der Waals surface area contributed by atoms with E-state index < -0.39 is 34.3 Å². The standard InChI is InChI=1S/C19H18Cl2N4O5S/c20-12-5-6-16(14(21)9-12)31(29,30)23-8-2-3-13(10-23)25-18-15(4-1-7-22-18)24(19(25)28)11-17(26)27/h1,4-7,9,13H,2-3,8,10-11H2,(H,26,27). The van der Waals surface area contributed by atoms with Crippen LogP contribution in [0.2, 0.25) is 10.0 Å². The number of aromatic nitrogens is 3. The molecule has 2 aromatic heterocycles. The number of fused-ring (bicyclic) bond motifs is 1. The third-order valence-corrected chi connectivity index (χ3v) is 7.83. The predicted octanol–water partition coefficient (Wildman–Crippen LogP) is 2.62. The Morgan fingerprint density at radius 2 is 2.03 bits per heavy atom. The molecule has 9 nitrogen and oxygen atoms in total. The fourth-order valence-electron chi connectivity index (χ4n) is 3.90. The van der Waals surface area contributed by atoms with Crippen LogP contribution in [-0.4, -0.2) is 51.0 Å². The Labute approximate surface area is 187 Å². The number of pyridine rings is 1. The lowest BCUT2D eigenvalue weighted by molar-refractivity contribution is -0.137. The van der Waals surface area contributed by atoms with Gasteiger partial charge in [0, 0.05) is 24.3 Å². The molecule has 1 aromatic carbocycles. The lowest BCUT2D eigenvalue weighted by Gasteiger charge is -2.32. The van der Waals surface area contributed by atoms with Gasteiger partial charge in [-0.1, -0.05) is 23.2 Å². The maximum absolute atomic E-state index is 13.2. The Morgan fingerprint density at radius 1 is 1.26 bits per heavy atom. The highest BCUT2D eigenvalue weighted by Crippen LogP contribution is 2.32. The Bertz CT molecular complexity index is 1330. The van der Waals surface area contributed by atoms with Crippen LogP contribution in [0.1, 0.15) is 18.9 Å². The zero-order chi connectivity index (χ0) is 22.3. The van der Waals surface area contributed by atoms with Gasteiger partial charge >= 0.3 is 11.7 Å². The molecule has 1 atom stereocenters. The number of hydrogen-bond donors (Lipinski definition) is 1. The van der Waals surface area contributed by atoms with Crippen LogP contribution in [0.5, 0.6) is 0 Å². The van der Waals surface area contributed by atoms with Crippen LogP contribution in [-0.2, 0) is 21.4 Å². The number of nitrogens with zero attached hydrogens (tertiary/aromatic N) is 4. The average Bonchev–Trinajstić information content (AvgIpc) is 2.99. The summed E-state index contributed by atoms with van der Waals surface area (Å²) in [4.78, 5) is 28.5. The molecule has 4 rings (SSSR count). The molecule has 0 amide bonds. The highest BCUT2D eigenvalue weighted by atomic mass is 35.5. The maximum Gasteiger partial charge on any atom is 0.331 e. The number of sulfonamides is 1. The highest BCUT2D eigenvalue weighted by Gasteiger charge is 2.34. The molecule has 3 aromatic rings. The summed E-state index contributed by atoms with van der Waals surface area (Å²) in [5.74, 6) is -1.16. The summed E-state index contributed by atoms with van der Waals surface area (Å²) >= 11 is 12.0. The van der Waals surface area contributed by atoms with Crippen LogP contribution in [0.25, 0.3) is 11.2 Å². The van der Waals surface area contributed by atoms with E-state index in [1.54, 1.807) is 12.1 Å². The van der Waals surface area contributed by atoms with E-state index in [-0.39, 0.29) is 23.0 Å². The quantitative estimate of drug-likeness (QED) is 0.594. The zero-order valence-electron chi connectivity index (χ0n) is 16.1. The molecular formula is C19H18Cl2N4O5S. The van der Waals surface area contributed by atoms with Crippen LogP contribution >= 0.6 is 23.2 Å². The minimum atomic E-state index is -3.92. The van der Waals surface area contributed by atoms with Crippen molar-refractivity contribution in [3.63, 3.8) is 0 Å². The first-order valence-corrected chi connectivity index (χ1v) is 11.6. The van der Waals surface area contributed by atoms with Gasteiger partial charge in [-0.3, -0.25) is 13.9 Å². The van der Waals surface area contributed by atoms with Gasteiger partial charge in [0.05, 0.1) is 16.6 Å². The number of hydrogen-bond acceptors (Lipinski definition) is 5. The number of carboxylic acids is 1. The number of halogens is 2. The summed E-state index contributed by atoms with van der Waals surface area (Å²) in [5.41, 5.74) is 0.169. The van der Waals surface area contributed by atoms with Crippen molar-refractivity contribution in [2.45, 2.75) is 30.3 Å². The van der Waals surface area contributed by atoms with E-state index in [4.69, 9.17) is 23.2 Å². The molecule has 1 saturated heterocycles. The molecule has 164 valence electrons. The molecule has 1 aliphatic heterocycles. The van der Waals surface area contributed by atoms with Crippen LogP contribution in [0.4, 0.5) is 0 Å². The second-order valence-electron chi connectivity index (χ2n) is 7.21. The zero-order valence-corrected chi connectivity index (χ0v) is 18.4. The lowest BCUT2D eigenvalue weighted by Crippen LogP contribution is -2.43. The number of imidazole rings is 1. The van der Waals surface area contributed by atoms with Gasteiger partial charge in [-0.2, -0.15) is 4.31 Å². The Hall–Kier alpha value is -2.40. The molecule has 1 unspecified atom stereocenters. The molecule has 0 bridgehead atoms. The van der Waals surface area contributed by atoms with E-state index >= 15 is 0 Å². The Kier molecular flexibility index (Phi) is 5.82.